The summed E-state index contributed by atoms with van der Waals surface area (Å²) in [6, 6.07) is 10.9. The molecule has 3 rings (SSSR count). The Morgan fingerprint density at radius 3 is 2.95 bits per heavy atom. The number of oxime groups is 1. The second-order valence-corrected chi connectivity index (χ2v) is 5.02. The molecule has 0 aliphatic carbocycles. The van der Waals surface area contributed by atoms with E-state index < -0.39 is 6.10 Å². The molecule has 1 aromatic carbocycles. The maximum Gasteiger partial charge on any atom is 0.264 e. The summed E-state index contributed by atoms with van der Waals surface area (Å²) in [4.78, 5) is 17.2. The summed E-state index contributed by atoms with van der Waals surface area (Å²) in [6.07, 6.45) is 1.33. The molecule has 1 atom stereocenters. The van der Waals surface area contributed by atoms with E-state index in [9.17, 15) is 4.79 Å². The third-order valence-electron chi connectivity index (χ3n) is 3.16. The Balaban J connectivity index is 1.58. The van der Waals surface area contributed by atoms with Gasteiger partial charge in [0.05, 0.1) is 18.5 Å². The van der Waals surface area contributed by atoms with Gasteiger partial charge in [-0.25, -0.2) is 0 Å². The SMILES string of the molecule is O=C(NCc1ccco1)[C@H]1CC(c2ccccc2Cl)=NO1. The van der Waals surface area contributed by atoms with Crippen LogP contribution in [0.2, 0.25) is 5.02 Å². The van der Waals surface area contributed by atoms with E-state index in [4.69, 9.17) is 20.9 Å². The molecule has 6 heteroatoms. The van der Waals surface area contributed by atoms with E-state index in [1.54, 1.807) is 24.5 Å². The van der Waals surface area contributed by atoms with Crippen LogP contribution >= 0.6 is 11.6 Å². The molecule has 2 heterocycles. The molecule has 0 unspecified atom stereocenters. The van der Waals surface area contributed by atoms with Crippen molar-refractivity contribution in [2.24, 2.45) is 5.16 Å². The maximum atomic E-state index is 12.0. The summed E-state index contributed by atoms with van der Waals surface area (Å²) in [5.74, 6) is 0.464. The molecule has 5 nitrogen and oxygen atoms in total. The summed E-state index contributed by atoms with van der Waals surface area (Å²) in [6.45, 7) is 0.327. The standard InChI is InChI=1S/C15H13ClN2O3/c16-12-6-2-1-5-11(12)13-8-14(21-18-13)15(19)17-9-10-4-3-7-20-10/h1-7,14H,8-9H2,(H,17,19)/t14-/m1/s1. The van der Waals surface area contributed by atoms with E-state index >= 15 is 0 Å². The van der Waals surface area contributed by atoms with Crippen LogP contribution in [-0.2, 0) is 16.2 Å². The Kier molecular flexibility index (Phi) is 3.92. The number of rotatable bonds is 4. The van der Waals surface area contributed by atoms with Crippen LogP contribution in [0.5, 0.6) is 0 Å². The lowest BCUT2D eigenvalue weighted by Crippen LogP contribution is -2.34. The van der Waals surface area contributed by atoms with E-state index in [0.29, 0.717) is 29.5 Å². The molecule has 1 amide bonds. The van der Waals surface area contributed by atoms with Crippen molar-refractivity contribution >= 4 is 23.2 Å². The average molecular weight is 305 g/mol. The molecule has 0 spiro atoms. The molecule has 2 aromatic rings. The molecule has 1 N–H and O–H groups in total. The van der Waals surface area contributed by atoms with Gasteiger partial charge in [-0.1, -0.05) is 35.0 Å². The quantitative estimate of drug-likeness (QED) is 0.944. The number of hydrogen-bond donors (Lipinski definition) is 1. The Morgan fingerprint density at radius 1 is 1.33 bits per heavy atom. The molecule has 1 aliphatic rings. The zero-order valence-electron chi connectivity index (χ0n) is 11.1. The first kappa shape index (κ1) is 13.7. The molecule has 108 valence electrons. The second-order valence-electron chi connectivity index (χ2n) is 4.61. The van der Waals surface area contributed by atoms with Gasteiger partial charge in [0.25, 0.3) is 5.91 Å². The number of furan rings is 1. The van der Waals surface area contributed by atoms with Crippen molar-refractivity contribution in [1.82, 2.24) is 5.32 Å². The van der Waals surface area contributed by atoms with Gasteiger partial charge in [0.2, 0.25) is 6.10 Å². The highest BCUT2D eigenvalue weighted by Gasteiger charge is 2.29. The van der Waals surface area contributed by atoms with Gasteiger partial charge in [0.1, 0.15) is 5.76 Å². The van der Waals surface area contributed by atoms with Crippen molar-refractivity contribution in [3.8, 4) is 0 Å². The summed E-state index contributed by atoms with van der Waals surface area (Å²) in [7, 11) is 0. The van der Waals surface area contributed by atoms with E-state index in [2.05, 4.69) is 10.5 Å². The monoisotopic (exact) mass is 304 g/mol. The van der Waals surface area contributed by atoms with E-state index in [1.807, 2.05) is 18.2 Å². The number of nitrogens with zero attached hydrogens (tertiary/aromatic N) is 1. The van der Waals surface area contributed by atoms with Gasteiger partial charge in [-0.3, -0.25) is 4.79 Å². The lowest BCUT2D eigenvalue weighted by Gasteiger charge is -2.08. The Hall–Kier alpha value is -2.27. The van der Waals surface area contributed by atoms with Crippen LogP contribution < -0.4 is 5.32 Å². The molecule has 0 radical (unpaired) electrons. The molecule has 1 aromatic heterocycles. The molecular weight excluding hydrogens is 292 g/mol. The molecular formula is C15H13ClN2O3. The van der Waals surface area contributed by atoms with E-state index in [0.717, 1.165) is 5.56 Å². The minimum Gasteiger partial charge on any atom is -0.467 e. The number of amides is 1. The third-order valence-corrected chi connectivity index (χ3v) is 3.49. The highest BCUT2D eigenvalue weighted by Crippen LogP contribution is 2.22. The summed E-state index contributed by atoms with van der Waals surface area (Å²) < 4.78 is 5.15. The summed E-state index contributed by atoms with van der Waals surface area (Å²) >= 11 is 6.11. The predicted molar refractivity (Wildman–Crippen MR) is 78.0 cm³/mol. The van der Waals surface area contributed by atoms with Gasteiger partial charge in [-0.05, 0) is 18.2 Å². The van der Waals surface area contributed by atoms with Crippen molar-refractivity contribution in [3.05, 3.63) is 59.0 Å². The molecule has 1 aliphatic heterocycles. The van der Waals surface area contributed by atoms with Crippen LogP contribution in [0.4, 0.5) is 0 Å². The van der Waals surface area contributed by atoms with Crippen molar-refractivity contribution < 1.29 is 14.0 Å². The van der Waals surface area contributed by atoms with E-state index in [1.165, 1.54) is 0 Å². The van der Waals surface area contributed by atoms with Gasteiger partial charge < -0.3 is 14.6 Å². The fraction of sp³-hybridized carbons (Fsp3) is 0.200. The van der Waals surface area contributed by atoms with Crippen molar-refractivity contribution in [3.63, 3.8) is 0 Å². The van der Waals surface area contributed by atoms with Crippen molar-refractivity contribution in [2.45, 2.75) is 19.1 Å². The third kappa shape index (κ3) is 3.08. The number of carbonyl (C=O) groups excluding carboxylic acids is 1. The van der Waals surface area contributed by atoms with Gasteiger partial charge in [-0.2, -0.15) is 0 Å². The maximum absolute atomic E-state index is 12.0. The first-order valence-corrected chi connectivity index (χ1v) is 6.89. The van der Waals surface area contributed by atoms with Gasteiger partial charge in [-0.15, -0.1) is 0 Å². The highest BCUT2D eigenvalue weighted by atomic mass is 35.5. The Bertz CT molecular complexity index is 667. The van der Waals surface area contributed by atoms with Crippen LogP contribution in [0.1, 0.15) is 17.7 Å². The van der Waals surface area contributed by atoms with Crippen LogP contribution in [0.3, 0.4) is 0 Å². The predicted octanol–water partition coefficient (Wildman–Crippen LogP) is 2.74. The fourth-order valence-corrected chi connectivity index (χ4v) is 2.32. The fourth-order valence-electron chi connectivity index (χ4n) is 2.07. The lowest BCUT2D eigenvalue weighted by molar-refractivity contribution is -0.131. The van der Waals surface area contributed by atoms with Crippen molar-refractivity contribution in [1.29, 1.82) is 0 Å². The smallest absolute Gasteiger partial charge is 0.264 e. The van der Waals surface area contributed by atoms with E-state index in [-0.39, 0.29) is 5.91 Å². The topological polar surface area (TPSA) is 63.8 Å². The number of nitrogens with one attached hydrogen (secondary N) is 1. The second kappa shape index (κ2) is 6.01. The van der Waals surface area contributed by atoms with Crippen molar-refractivity contribution in [2.75, 3.05) is 0 Å². The van der Waals surface area contributed by atoms with Gasteiger partial charge in [0, 0.05) is 17.0 Å². The minimum atomic E-state index is -0.633. The molecule has 0 bridgehead atoms. The first-order valence-electron chi connectivity index (χ1n) is 6.52. The molecule has 0 fully saturated rings. The lowest BCUT2D eigenvalue weighted by atomic mass is 10.0. The minimum absolute atomic E-state index is 0.225. The zero-order chi connectivity index (χ0) is 14.7. The number of benzene rings is 1. The highest BCUT2D eigenvalue weighted by molar-refractivity contribution is 6.34. The number of hydrogen-bond acceptors (Lipinski definition) is 4. The van der Waals surface area contributed by atoms with Gasteiger partial charge >= 0.3 is 0 Å². The first-order chi connectivity index (χ1) is 10.2. The molecule has 21 heavy (non-hydrogen) atoms. The summed E-state index contributed by atoms with van der Waals surface area (Å²) in [5.41, 5.74) is 1.47. The zero-order valence-corrected chi connectivity index (χ0v) is 11.8. The summed E-state index contributed by atoms with van der Waals surface area (Å²) in [5, 5.41) is 7.31. The molecule has 0 saturated carbocycles. The Morgan fingerprint density at radius 2 is 2.19 bits per heavy atom. The number of halogens is 1. The van der Waals surface area contributed by atoms with Crippen LogP contribution in [0.15, 0.2) is 52.2 Å². The Labute approximate surface area is 126 Å². The van der Waals surface area contributed by atoms with Crippen LogP contribution in [0, 0.1) is 0 Å². The molecule has 0 saturated heterocycles. The van der Waals surface area contributed by atoms with Crippen LogP contribution in [0.25, 0.3) is 0 Å². The number of carbonyl (C=O) groups is 1. The normalized spacial score (nSPS) is 17.2. The van der Waals surface area contributed by atoms with Crippen LogP contribution in [-0.4, -0.2) is 17.7 Å². The average Bonchev–Trinajstić information content (AvgIpc) is 3.17. The largest absolute Gasteiger partial charge is 0.467 e. The van der Waals surface area contributed by atoms with Gasteiger partial charge in [0.15, 0.2) is 0 Å².